The van der Waals surface area contributed by atoms with Crippen LogP contribution in [-0.4, -0.2) is 23.7 Å². The van der Waals surface area contributed by atoms with E-state index in [0.29, 0.717) is 19.4 Å². The summed E-state index contributed by atoms with van der Waals surface area (Å²) in [6.45, 7) is 5.96. The number of aryl methyl sites for hydroxylation is 1. The number of hydrogen-bond donors (Lipinski definition) is 1. The van der Waals surface area contributed by atoms with Gasteiger partial charge in [0.05, 0.1) is 0 Å². The first-order valence-electron chi connectivity index (χ1n) is 11.7. The van der Waals surface area contributed by atoms with Crippen LogP contribution < -0.4 is 10.1 Å². The zero-order valence-corrected chi connectivity index (χ0v) is 20.5. The van der Waals surface area contributed by atoms with E-state index in [4.69, 9.17) is 14.2 Å². The first-order chi connectivity index (χ1) is 16.8. The molecule has 0 aliphatic heterocycles. The number of rotatable bonds is 10. The van der Waals surface area contributed by atoms with Gasteiger partial charge >= 0.3 is 12.1 Å². The lowest BCUT2D eigenvalue weighted by Gasteiger charge is -2.23. The van der Waals surface area contributed by atoms with Gasteiger partial charge in [0.2, 0.25) is 0 Å². The van der Waals surface area contributed by atoms with E-state index in [1.807, 2.05) is 84.9 Å². The van der Waals surface area contributed by atoms with Crippen LogP contribution in [0, 0.1) is 0 Å². The number of esters is 1. The number of hydrogen-bond acceptors (Lipinski definition) is 5. The molecule has 35 heavy (non-hydrogen) atoms. The first kappa shape index (κ1) is 25.8. The summed E-state index contributed by atoms with van der Waals surface area (Å²) in [4.78, 5) is 25.1. The molecule has 6 nitrogen and oxygen atoms in total. The van der Waals surface area contributed by atoms with Crippen molar-refractivity contribution >= 4 is 12.1 Å². The molecule has 3 aromatic rings. The predicted octanol–water partition coefficient (Wildman–Crippen LogP) is 5.83. The van der Waals surface area contributed by atoms with Crippen LogP contribution in [0.3, 0.4) is 0 Å². The van der Waals surface area contributed by atoms with Crippen LogP contribution >= 0.6 is 0 Å². The number of benzene rings is 3. The Morgan fingerprint density at radius 1 is 0.771 bits per heavy atom. The molecule has 0 aromatic heterocycles. The maximum Gasteiger partial charge on any atom is 0.408 e. The highest BCUT2D eigenvalue weighted by Gasteiger charge is 2.25. The smallest absolute Gasteiger partial charge is 0.408 e. The SMILES string of the molecule is CC(C)(C)OC(=O)N[C@@H](CCc1ccc(OCc2ccccc2)cc1)C(=O)OCc1ccccc1. The highest BCUT2D eigenvalue weighted by atomic mass is 16.6. The van der Waals surface area contributed by atoms with Crippen molar-refractivity contribution in [3.8, 4) is 5.75 Å². The molecule has 184 valence electrons. The third-order valence-corrected chi connectivity index (χ3v) is 5.09. The van der Waals surface area contributed by atoms with Gasteiger partial charge in [0, 0.05) is 0 Å². The van der Waals surface area contributed by atoms with Crippen molar-refractivity contribution in [3.63, 3.8) is 0 Å². The lowest BCUT2D eigenvalue weighted by molar-refractivity contribution is -0.147. The van der Waals surface area contributed by atoms with Crippen LogP contribution in [0.1, 0.15) is 43.9 Å². The molecule has 0 aliphatic carbocycles. The summed E-state index contributed by atoms with van der Waals surface area (Å²) in [5.41, 5.74) is 2.33. The van der Waals surface area contributed by atoms with Gasteiger partial charge in [-0.3, -0.25) is 0 Å². The Bertz CT molecular complexity index is 1060. The van der Waals surface area contributed by atoms with Crippen molar-refractivity contribution < 1.29 is 23.8 Å². The zero-order valence-electron chi connectivity index (χ0n) is 20.5. The van der Waals surface area contributed by atoms with Gasteiger partial charge in [-0.05, 0) is 62.4 Å². The minimum absolute atomic E-state index is 0.139. The summed E-state index contributed by atoms with van der Waals surface area (Å²) in [7, 11) is 0. The van der Waals surface area contributed by atoms with E-state index in [0.717, 1.165) is 22.4 Å². The molecule has 0 unspecified atom stereocenters. The van der Waals surface area contributed by atoms with Gasteiger partial charge in [0.1, 0.15) is 30.6 Å². The van der Waals surface area contributed by atoms with Crippen molar-refractivity contribution in [3.05, 3.63) is 102 Å². The molecule has 6 heteroatoms. The molecule has 1 amide bonds. The number of ether oxygens (including phenoxy) is 3. The zero-order chi connectivity index (χ0) is 25.1. The second kappa shape index (κ2) is 12.6. The van der Waals surface area contributed by atoms with Crippen molar-refractivity contribution in [1.82, 2.24) is 5.32 Å². The van der Waals surface area contributed by atoms with Gasteiger partial charge in [-0.15, -0.1) is 0 Å². The highest BCUT2D eigenvalue weighted by molar-refractivity contribution is 5.81. The van der Waals surface area contributed by atoms with Crippen molar-refractivity contribution in [2.24, 2.45) is 0 Å². The van der Waals surface area contributed by atoms with Crippen LogP contribution in [0.25, 0.3) is 0 Å². The molecule has 0 fully saturated rings. The third kappa shape index (κ3) is 9.53. The van der Waals surface area contributed by atoms with Gasteiger partial charge < -0.3 is 19.5 Å². The monoisotopic (exact) mass is 475 g/mol. The normalized spacial score (nSPS) is 11.9. The number of nitrogens with one attached hydrogen (secondary N) is 1. The highest BCUT2D eigenvalue weighted by Crippen LogP contribution is 2.17. The van der Waals surface area contributed by atoms with Gasteiger partial charge in [-0.25, -0.2) is 9.59 Å². The summed E-state index contributed by atoms with van der Waals surface area (Å²) in [5.74, 6) is 0.269. The van der Waals surface area contributed by atoms with Gasteiger partial charge in [-0.1, -0.05) is 72.8 Å². The molecule has 1 N–H and O–H groups in total. The lowest BCUT2D eigenvalue weighted by atomic mass is 10.1. The second-order valence-corrected chi connectivity index (χ2v) is 9.25. The molecular weight excluding hydrogens is 442 g/mol. The average Bonchev–Trinajstić information content (AvgIpc) is 2.84. The van der Waals surface area contributed by atoms with Crippen LogP contribution in [0.4, 0.5) is 4.79 Å². The quantitative estimate of drug-likeness (QED) is 0.373. The molecule has 3 aromatic carbocycles. The number of alkyl carbamates (subject to hydrolysis) is 1. The fraction of sp³-hybridized carbons (Fsp3) is 0.310. The molecule has 0 spiro atoms. The number of carbonyl (C=O) groups excluding carboxylic acids is 2. The molecular formula is C29H33NO5. The minimum atomic E-state index is -0.831. The molecule has 0 bridgehead atoms. The molecule has 0 heterocycles. The van der Waals surface area contributed by atoms with Gasteiger partial charge in [0.25, 0.3) is 0 Å². The average molecular weight is 476 g/mol. The van der Waals surface area contributed by atoms with E-state index in [9.17, 15) is 9.59 Å². The molecule has 3 rings (SSSR count). The topological polar surface area (TPSA) is 73.9 Å². The summed E-state index contributed by atoms with van der Waals surface area (Å²) in [6, 6.07) is 26.3. The standard InChI is InChI=1S/C29H33NO5/c1-29(2,3)35-28(32)30-26(27(31)34-21-24-12-8-5-9-13-24)19-16-22-14-17-25(18-15-22)33-20-23-10-6-4-7-11-23/h4-15,17-18,26H,16,19-21H2,1-3H3,(H,30,32)/t26-/m0/s1. The van der Waals surface area contributed by atoms with Crippen molar-refractivity contribution in [2.45, 2.75) is 58.5 Å². The third-order valence-electron chi connectivity index (χ3n) is 5.09. The Morgan fingerprint density at radius 3 is 1.91 bits per heavy atom. The predicted molar refractivity (Wildman–Crippen MR) is 135 cm³/mol. The summed E-state index contributed by atoms with van der Waals surface area (Å²) in [5, 5.41) is 2.67. The first-order valence-corrected chi connectivity index (χ1v) is 11.7. The molecule has 0 radical (unpaired) electrons. The Morgan fingerprint density at radius 2 is 1.34 bits per heavy atom. The van der Waals surface area contributed by atoms with E-state index in [2.05, 4.69) is 5.32 Å². The summed E-state index contributed by atoms with van der Waals surface area (Å²) in [6.07, 6.45) is 0.292. The number of carbonyl (C=O) groups is 2. The van der Waals surface area contributed by atoms with Crippen LogP contribution in [0.5, 0.6) is 5.75 Å². The summed E-state index contributed by atoms with van der Waals surface area (Å²) >= 11 is 0. The van der Waals surface area contributed by atoms with Crippen molar-refractivity contribution in [2.75, 3.05) is 0 Å². The maximum atomic E-state index is 12.8. The second-order valence-electron chi connectivity index (χ2n) is 9.25. The van der Waals surface area contributed by atoms with E-state index in [1.165, 1.54) is 0 Å². The van der Waals surface area contributed by atoms with E-state index in [1.54, 1.807) is 20.8 Å². The largest absolute Gasteiger partial charge is 0.489 e. The lowest BCUT2D eigenvalue weighted by Crippen LogP contribution is -2.44. The fourth-order valence-electron chi connectivity index (χ4n) is 3.33. The van der Waals surface area contributed by atoms with Crippen molar-refractivity contribution in [1.29, 1.82) is 0 Å². The molecule has 0 saturated heterocycles. The van der Waals surface area contributed by atoms with Crippen LogP contribution in [0.2, 0.25) is 0 Å². The van der Waals surface area contributed by atoms with E-state index < -0.39 is 23.7 Å². The Hall–Kier alpha value is -3.80. The Balaban J connectivity index is 1.57. The Labute approximate surface area is 207 Å². The van der Waals surface area contributed by atoms with E-state index >= 15 is 0 Å². The van der Waals surface area contributed by atoms with Crippen LogP contribution in [0.15, 0.2) is 84.9 Å². The molecule has 0 aliphatic rings. The van der Waals surface area contributed by atoms with Crippen LogP contribution in [-0.2, 0) is 33.9 Å². The maximum absolute atomic E-state index is 12.8. The summed E-state index contributed by atoms with van der Waals surface area (Å²) < 4.78 is 16.6. The number of amides is 1. The fourth-order valence-corrected chi connectivity index (χ4v) is 3.33. The van der Waals surface area contributed by atoms with Gasteiger partial charge in [0.15, 0.2) is 0 Å². The van der Waals surface area contributed by atoms with E-state index in [-0.39, 0.29) is 6.61 Å². The molecule has 1 atom stereocenters. The molecule has 0 saturated carbocycles. The minimum Gasteiger partial charge on any atom is -0.489 e. The Kier molecular flexibility index (Phi) is 9.30. The van der Waals surface area contributed by atoms with Gasteiger partial charge in [-0.2, -0.15) is 0 Å².